The van der Waals surface area contributed by atoms with E-state index in [0.29, 0.717) is 15.4 Å². The lowest BCUT2D eigenvalue weighted by molar-refractivity contribution is 0.101. The summed E-state index contributed by atoms with van der Waals surface area (Å²) in [4.78, 5) is 24.7. The highest BCUT2D eigenvalue weighted by Gasteiger charge is 2.15. The van der Waals surface area contributed by atoms with Crippen LogP contribution >= 0.6 is 55.4 Å². The van der Waals surface area contributed by atoms with E-state index >= 15 is 0 Å². The van der Waals surface area contributed by atoms with E-state index < -0.39 is 0 Å². The molecule has 4 nitrogen and oxygen atoms in total. The maximum absolute atomic E-state index is 12.3. The molecule has 8 heteroatoms. The number of hydrogen-bond acceptors (Lipinski definition) is 6. The number of nitriles is 2. The topological polar surface area (TPSA) is 81.7 Å². The first-order valence-corrected chi connectivity index (χ1v) is 11.4. The Bertz CT molecular complexity index is 909. The Morgan fingerprint density at radius 3 is 1.43 bits per heavy atom. The summed E-state index contributed by atoms with van der Waals surface area (Å²) in [5.74, 6) is -0.0952. The molecule has 2 rings (SSSR count). The number of thioether (sulfide) groups is 2. The molecule has 0 saturated heterocycles. The van der Waals surface area contributed by atoms with Gasteiger partial charge in [0.1, 0.15) is 17.7 Å². The highest BCUT2D eigenvalue weighted by atomic mass is 79.9. The summed E-state index contributed by atoms with van der Waals surface area (Å²) in [6.45, 7) is 0. The maximum atomic E-state index is 12.3. The highest BCUT2D eigenvalue weighted by Crippen LogP contribution is 2.32. The van der Waals surface area contributed by atoms with E-state index in [-0.39, 0.29) is 28.6 Å². The van der Waals surface area contributed by atoms with Gasteiger partial charge in [-0.1, -0.05) is 56.1 Å². The fourth-order valence-electron chi connectivity index (χ4n) is 2.00. The number of Topliss-reactive ketones (excluding diaryl/α,β-unsaturated/α-hetero) is 2. The number of allylic oxidation sites excluding steroid dienone is 1. The Balaban J connectivity index is 2.05. The molecule has 2 aromatic rings. The summed E-state index contributed by atoms with van der Waals surface area (Å²) in [5.41, 5.74) is 0.991. The second-order valence-electron chi connectivity index (χ2n) is 5.32. The van der Waals surface area contributed by atoms with Crippen LogP contribution in [0.3, 0.4) is 0 Å². The third-order valence-corrected chi connectivity index (χ3v) is 6.94. The molecule has 2 aromatic carbocycles. The molecular formula is C20H12Br2N2O2S2. The van der Waals surface area contributed by atoms with Crippen LogP contribution in [0.15, 0.2) is 67.3 Å². The molecule has 0 saturated carbocycles. The lowest BCUT2D eigenvalue weighted by Gasteiger charge is -2.07. The van der Waals surface area contributed by atoms with Gasteiger partial charge in [-0.3, -0.25) is 9.59 Å². The van der Waals surface area contributed by atoms with Crippen molar-refractivity contribution in [2.45, 2.75) is 0 Å². The molecule has 0 fully saturated rings. The van der Waals surface area contributed by atoms with Crippen LogP contribution in [0.5, 0.6) is 0 Å². The Hall–Kier alpha value is -1.84. The first-order chi connectivity index (χ1) is 13.4. The average molecular weight is 536 g/mol. The number of benzene rings is 2. The minimum absolute atomic E-state index is 0.0727. The number of rotatable bonds is 8. The standard InChI is InChI=1S/C20H12Br2N2O2S2/c21-16-5-1-13(2-6-16)18(25)11-27-20(15(9-23)10-24)28-12-19(26)14-3-7-17(22)8-4-14/h1-8H,11-12H2. The van der Waals surface area contributed by atoms with Crippen molar-refractivity contribution in [3.63, 3.8) is 0 Å². The highest BCUT2D eigenvalue weighted by molar-refractivity contribution is 9.10. The quantitative estimate of drug-likeness (QED) is 0.304. The molecule has 0 aromatic heterocycles. The molecule has 0 radical (unpaired) electrons. The van der Waals surface area contributed by atoms with Gasteiger partial charge >= 0.3 is 0 Å². The zero-order valence-corrected chi connectivity index (χ0v) is 19.1. The normalized spacial score (nSPS) is 9.86. The van der Waals surface area contributed by atoms with E-state index in [4.69, 9.17) is 0 Å². The third-order valence-electron chi connectivity index (χ3n) is 3.43. The lowest BCUT2D eigenvalue weighted by Crippen LogP contribution is -2.04. The Morgan fingerprint density at radius 2 is 1.11 bits per heavy atom. The van der Waals surface area contributed by atoms with E-state index in [1.165, 1.54) is 0 Å². The summed E-state index contributed by atoms with van der Waals surface area (Å²) in [6, 6.07) is 17.6. The minimum atomic E-state index is -0.120. The second-order valence-corrected chi connectivity index (χ2v) is 9.38. The zero-order valence-electron chi connectivity index (χ0n) is 14.3. The van der Waals surface area contributed by atoms with Gasteiger partial charge in [0.2, 0.25) is 0 Å². The van der Waals surface area contributed by atoms with Gasteiger partial charge in [0.15, 0.2) is 11.6 Å². The number of carbonyl (C=O) groups is 2. The van der Waals surface area contributed by atoms with Gasteiger partial charge in [-0.25, -0.2) is 0 Å². The Kier molecular flexibility index (Phi) is 9.01. The van der Waals surface area contributed by atoms with Crippen molar-refractivity contribution >= 4 is 67.0 Å². The first kappa shape index (κ1) is 22.4. The van der Waals surface area contributed by atoms with Crippen molar-refractivity contribution in [2.75, 3.05) is 11.5 Å². The monoisotopic (exact) mass is 534 g/mol. The van der Waals surface area contributed by atoms with E-state index in [2.05, 4.69) is 31.9 Å². The van der Waals surface area contributed by atoms with Crippen LogP contribution in [0.25, 0.3) is 0 Å². The molecule has 0 atom stereocenters. The number of halogens is 2. The predicted octanol–water partition coefficient (Wildman–Crippen LogP) is 6.00. The van der Waals surface area contributed by atoms with E-state index in [1.54, 1.807) is 48.5 Å². The van der Waals surface area contributed by atoms with Crippen molar-refractivity contribution < 1.29 is 9.59 Å². The van der Waals surface area contributed by atoms with Gasteiger partial charge in [0, 0.05) is 20.1 Å². The molecule has 0 bridgehead atoms. The Morgan fingerprint density at radius 1 is 0.750 bits per heavy atom. The summed E-state index contributed by atoms with van der Waals surface area (Å²) in [6.07, 6.45) is 0. The fourth-order valence-corrected chi connectivity index (χ4v) is 4.55. The number of hydrogen-bond donors (Lipinski definition) is 0. The van der Waals surface area contributed by atoms with Crippen LogP contribution in [-0.2, 0) is 0 Å². The smallest absolute Gasteiger partial charge is 0.173 e. The van der Waals surface area contributed by atoms with Crippen LogP contribution in [0.2, 0.25) is 0 Å². The molecule has 0 aliphatic carbocycles. The van der Waals surface area contributed by atoms with Gasteiger partial charge in [0.05, 0.1) is 15.7 Å². The first-order valence-electron chi connectivity index (χ1n) is 7.82. The predicted molar refractivity (Wildman–Crippen MR) is 120 cm³/mol. The van der Waals surface area contributed by atoms with Gasteiger partial charge in [-0.2, -0.15) is 10.5 Å². The zero-order chi connectivity index (χ0) is 20.5. The van der Waals surface area contributed by atoms with Crippen LogP contribution in [0, 0.1) is 22.7 Å². The van der Waals surface area contributed by atoms with E-state index in [9.17, 15) is 20.1 Å². The molecule has 140 valence electrons. The molecule has 0 spiro atoms. The number of ketones is 2. The molecule has 0 unspecified atom stereocenters. The molecule has 0 amide bonds. The van der Waals surface area contributed by atoms with Crippen molar-refractivity contribution in [2.24, 2.45) is 0 Å². The van der Waals surface area contributed by atoms with Gasteiger partial charge < -0.3 is 0 Å². The Labute approximate surface area is 188 Å². The minimum Gasteiger partial charge on any atom is -0.293 e. The molecule has 0 N–H and O–H groups in total. The second kappa shape index (κ2) is 11.2. The molecular weight excluding hydrogens is 524 g/mol. The van der Waals surface area contributed by atoms with Crippen molar-refractivity contribution in [1.29, 1.82) is 10.5 Å². The lowest BCUT2D eigenvalue weighted by atomic mass is 10.2. The van der Waals surface area contributed by atoms with Gasteiger partial charge in [-0.05, 0) is 24.3 Å². The number of nitrogens with zero attached hydrogens (tertiary/aromatic N) is 2. The summed E-state index contributed by atoms with van der Waals surface area (Å²) < 4.78 is 2.12. The third kappa shape index (κ3) is 6.65. The van der Waals surface area contributed by atoms with Crippen molar-refractivity contribution in [3.8, 4) is 12.1 Å². The summed E-state index contributed by atoms with van der Waals surface area (Å²) in [7, 11) is 0. The average Bonchev–Trinajstić information content (AvgIpc) is 2.70. The van der Waals surface area contributed by atoms with E-state index in [0.717, 1.165) is 32.5 Å². The SMILES string of the molecule is N#CC(C#N)=C(SCC(=O)c1ccc(Br)cc1)SCC(=O)c1ccc(Br)cc1. The molecule has 28 heavy (non-hydrogen) atoms. The van der Waals surface area contributed by atoms with Crippen molar-refractivity contribution in [1.82, 2.24) is 0 Å². The number of carbonyl (C=O) groups excluding carboxylic acids is 2. The van der Waals surface area contributed by atoms with Crippen molar-refractivity contribution in [3.05, 3.63) is 78.4 Å². The van der Waals surface area contributed by atoms with E-state index in [1.807, 2.05) is 12.1 Å². The maximum Gasteiger partial charge on any atom is 0.173 e. The molecule has 0 heterocycles. The van der Waals surface area contributed by atoms with Crippen LogP contribution in [0.4, 0.5) is 0 Å². The van der Waals surface area contributed by atoms with Gasteiger partial charge in [-0.15, -0.1) is 23.5 Å². The summed E-state index contributed by atoms with van der Waals surface area (Å²) in [5, 5.41) is 18.4. The molecule has 0 aliphatic rings. The molecule has 0 aliphatic heterocycles. The fraction of sp³-hybridized carbons (Fsp3) is 0.100. The van der Waals surface area contributed by atoms with Crippen LogP contribution in [-0.4, -0.2) is 23.1 Å². The largest absolute Gasteiger partial charge is 0.293 e. The van der Waals surface area contributed by atoms with Crippen LogP contribution in [0.1, 0.15) is 20.7 Å². The van der Waals surface area contributed by atoms with Crippen LogP contribution < -0.4 is 0 Å². The summed E-state index contributed by atoms with van der Waals surface area (Å²) >= 11 is 8.84. The van der Waals surface area contributed by atoms with Gasteiger partial charge in [0.25, 0.3) is 0 Å².